The first-order valence-electron chi connectivity index (χ1n) is 6.76. The van der Waals surface area contributed by atoms with Crippen LogP contribution in [0.3, 0.4) is 0 Å². The summed E-state index contributed by atoms with van der Waals surface area (Å²) >= 11 is 0. The second kappa shape index (κ2) is 8.48. The van der Waals surface area contributed by atoms with E-state index in [1.807, 2.05) is 0 Å². The van der Waals surface area contributed by atoms with Crippen molar-refractivity contribution in [3.8, 4) is 0 Å². The second-order valence-corrected chi connectivity index (χ2v) is 4.80. The largest absolute Gasteiger partial charge is 0.466 e. The Morgan fingerprint density at radius 3 is 2.82 bits per heavy atom. The smallest absolute Gasteiger partial charge is 0.307 e. The molecule has 0 bridgehead atoms. The second-order valence-electron chi connectivity index (χ2n) is 4.80. The lowest BCUT2D eigenvalue weighted by molar-refractivity contribution is -0.143. The highest BCUT2D eigenvalue weighted by molar-refractivity contribution is 5.69. The van der Waals surface area contributed by atoms with E-state index in [1.54, 1.807) is 6.92 Å². The molecule has 0 saturated heterocycles. The van der Waals surface area contributed by atoms with E-state index >= 15 is 0 Å². The standard InChI is InChI=1S/C13H25NO3/c1-2-17-13(16)7-8-14-10-12(15)9-11-5-3-4-6-11/h11-12,14-15H,2-10H2,1H3. The average Bonchev–Trinajstić information content (AvgIpc) is 2.77. The van der Waals surface area contributed by atoms with Crippen LogP contribution in [0.25, 0.3) is 0 Å². The lowest BCUT2D eigenvalue weighted by atomic mass is 10.0. The SMILES string of the molecule is CCOC(=O)CCNCC(O)CC1CCCC1. The summed E-state index contributed by atoms with van der Waals surface area (Å²) in [6.45, 7) is 3.40. The van der Waals surface area contributed by atoms with Crippen molar-refractivity contribution in [1.82, 2.24) is 5.32 Å². The molecule has 1 aliphatic carbocycles. The molecule has 0 radical (unpaired) electrons. The number of aliphatic hydroxyl groups is 1. The molecule has 1 saturated carbocycles. The van der Waals surface area contributed by atoms with Gasteiger partial charge in [-0.15, -0.1) is 0 Å². The predicted molar refractivity (Wildman–Crippen MR) is 66.7 cm³/mol. The van der Waals surface area contributed by atoms with Crippen LogP contribution in [-0.2, 0) is 9.53 Å². The zero-order valence-electron chi connectivity index (χ0n) is 10.8. The Labute approximate surface area is 104 Å². The van der Waals surface area contributed by atoms with Crippen LogP contribution >= 0.6 is 0 Å². The van der Waals surface area contributed by atoms with E-state index in [4.69, 9.17) is 4.74 Å². The first kappa shape index (κ1) is 14.5. The minimum Gasteiger partial charge on any atom is -0.466 e. The van der Waals surface area contributed by atoms with Crippen molar-refractivity contribution in [2.24, 2.45) is 5.92 Å². The molecule has 1 unspecified atom stereocenters. The lowest BCUT2D eigenvalue weighted by Gasteiger charge is -2.15. The van der Waals surface area contributed by atoms with Crippen molar-refractivity contribution in [2.45, 2.75) is 51.6 Å². The monoisotopic (exact) mass is 243 g/mol. The number of ether oxygens (including phenoxy) is 1. The molecule has 1 aliphatic rings. The summed E-state index contributed by atoms with van der Waals surface area (Å²) in [6.07, 6.45) is 6.15. The van der Waals surface area contributed by atoms with Crippen LogP contribution in [0.5, 0.6) is 0 Å². The van der Waals surface area contributed by atoms with Crippen LogP contribution < -0.4 is 5.32 Å². The molecule has 0 aromatic rings. The molecule has 100 valence electrons. The Bertz CT molecular complexity index is 215. The van der Waals surface area contributed by atoms with Crippen LogP contribution in [0.1, 0.15) is 45.4 Å². The molecule has 4 heteroatoms. The Hall–Kier alpha value is -0.610. The van der Waals surface area contributed by atoms with Crippen LogP contribution in [0.15, 0.2) is 0 Å². The third kappa shape index (κ3) is 6.64. The number of carbonyl (C=O) groups excluding carboxylic acids is 1. The number of hydrogen-bond acceptors (Lipinski definition) is 4. The van der Waals surface area contributed by atoms with Crippen LogP contribution in [0.2, 0.25) is 0 Å². The molecule has 1 rings (SSSR count). The molecule has 0 aromatic heterocycles. The van der Waals surface area contributed by atoms with Gasteiger partial charge in [-0.2, -0.15) is 0 Å². The maximum atomic E-state index is 11.0. The number of rotatable bonds is 8. The molecule has 1 fully saturated rings. The average molecular weight is 243 g/mol. The van der Waals surface area contributed by atoms with Gasteiger partial charge in [0.25, 0.3) is 0 Å². The molecule has 0 aromatic carbocycles. The maximum Gasteiger partial charge on any atom is 0.307 e. The van der Waals surface area contributed by atoms with Gasteiger partial charge >= 0.3 is 5.97 Å². The summed E-state index contributed by atoms with van der Waals surface area (Å²) in [6, 6.07) is 0. The number of nitrogens with one attached hydrogen (secondary N) is 1. The quantitative estimate of drug-likeness (QED) is 0.500. The van der Waals surface area contributed by atoms with Gasteiger partial charge in [-0.05, 0) is 19.3 Å². The molecule has 2 N–H and O–H groups in total. The zero-order valence-corrected chi connectivity index (χ0v) is 10.8. The molecule has 0 spiro atoms. The van der Waals surface area contributed by atoms with E-state index in [2.05, 4.69) is 5.32 Å². The van der Waals surface area contributed by atoms with Gasteiger partial charge in [0.2, 0.25) is 0 Å². The summed E-state index contributed by atoms with van der Waals surface area (Å²) in [5.41, 5.74) is 0. The van der Waals surface area contributed by atoms with Crippen LogP contribution in [0, 0.1) is 5.92 Å². The molecular formula is C13H25NO3. The molecule has 4 nitrogen and oxygen atoms in total. The van der Waals surface area contributed by atoms with Gasteiger partial charge in [0.05, 0.1) is 19.1 Å². The third-order valence-electron chi connectivity index (χ3n) is 3.27. The minimum atomic E-state index is -0.278. The van der Waals surface area contributed by atoms with Crippen molar-refractivity contribution in [2.75, 3.05) is 19.7 Å². The van der Waals surface area contributed by atoms with Gasteiger partial charge in [-0.1, -0.05) is 25.7 Å². The summed E-state index contributed by atoms with van der Waals surface area (Å²) < 4.78 is 4.82. The summed E-state index contributed by atoms with van der Waals surface area (Å²) in [5.74, 6) is 0.530. The van der Waals surface area contributed by atoms with Gasteiger partial charge in [0.15, 0.2) is 0 Å². The van der Waals surface area contributed by atoms with E-state index in [0.717, 1.165) is 6.42 Å². The predicted octanol–water partition coefficient (Wildman–Crippen LogP) is 1.47. The van der Waals surface area contributed by atoms with E-state index < -0.39 is 0 Å². The topological polar surface area (TPSA) is 58.6 Å². The maximum absolute atomic E-state index is 11.0. The highest BCUT2D eigenvalue weighted by Gasteiger charge is 2.18. The molecule has 17 heavy (non-hydrogen) atoms. The minimum absolute atomic E-state index is 0.176. The molecule has 1 atom stereocenters. The normalized spacial score (nSPS) is 18.2. The Morgan fingerprint density at radius 1 is 1.47 bits per heavy atom. The van der Waals surface area contributed by atoms with E-state index in [9.17, 15) is 9.90 Å². The van der Waals surface area contributed by atoms with Gasteiger partial charge in [0, 0.05) is 13.1 Å². The van der Waals surface area contributed by atoms with Crippen molar-refractivity contribution < 1.29 is 14.6 Å². The first-order valence-corrected chi connectivity index (χ1v) is 6.76. The molecule has 0 heterocycles. The van der Waals surface area contributed by atoms with Crippen molar-refractivity contribution in [3.05, 3.63) is 0 Å². The van der Waals surface area contributed by atoms with Crippen molar-refractivity contribution in [3.63, 3.8) is 0 Å². The fraction of sp³-hybridized carbons (Fsp3) is 0.923. The molecule has 0 amide bonds. The summed E-state index contributed by atoms with van der Waals surface area (Å²) in [7, 11) is 0. The fourth-order valence-electron chi connectivity index (χ4n) is 2.41. The van der Waals surface area contributed by atoms with Crippen molar-refractivity contribution >= 4 is 5.97 Å². The Balaban J connectivity index is 1.96. The van der Waals surface area contributed by atoms with Crippen molar-refractivity contribution in [1.29, 1.82) is 0 Å². The van der Waals surface area contributed by atoms with Gasteiger partial charge in [-0.25, -0.2) is 0 Å². The van der Waals surface area contributed by atoms with E-state index in [-0.39, 0.29) is 12.1 Å². The Kier molecular flexibility index (Phi) is 7.21. The van der Waals surface area contributed by atoms with Crippen LogP contribution in [-0.4, -0.2) is 36.9 Å². The highest BCUT2D eigenvalue weighted by Crippen LogP contribution is 2.28. The van der Waals surface area contributed by atoms with E-state index in [1.165, 1.54) is 25.7 Å². The Morgan fingerprint density at radius 2 is 2.18 bits per heavy atom. The molecule has 0 aliphatic heterocycles. The fourth-order valence-corrected chi connectivity index (χ4v) is 2.41. The summed E-state index contributed by atoms with van der Waals surface area (Å²) in [4.78, 5) is 11.0. The third-order valence-corrected chi connectivity index (χ3v) is 3.27. The summed E-state index contributed by atoms with van der Waals surface area (Å²) in [5, 5.41) is 12.9. The lowest BCUT2D eigenvalue weighted by Crippen LogP contribution is -2.30. The number of hydrogen-bond donors (Lipinski definition) is 2. The first-order chi connectivity index (χ1) is 8.22. The van der Waals surface area contributed by atoms with Gasteiger partial charge < -0.3 is 15.2 Å². The number of carbonyl (C=O) groups is 1. The van der Waals surface area contributed by atoms with Crippen LogP contribution in [0.4, 0.5) is 0 Å². The van der Waals surface area contributed by atoms with Gasteiger partial charge in [-0.3, -0.25) is 4.79 Å². The molecular weight excluding hydrogens is 218 g/mol. The van der Waals surface area contributed by atoms with E-state index in [0.29, 0.717) is 32.0 Å². The number of aliphatic hydroxyl groups excluding tert-OH is 1. The van der Waals surface area contributed by atoms with Gasteiger partial charge in [0.1, 0.15) is 0 Å². The highest BCUT2D eigenvalue weighted by atomic mass is 16.5. The number of esters is 1. The zero-order chi connectivity index (χ0) is 12.5.